The largest absolute Gasteiger partial charge is 0.338 e. The first-order valence-corrected chi connectivity index (χ1v) is 10.6. The first kappa shape index (κ1) is 20.4. The summed E-state index contributed by atoms with van der Waals surface area (Å²) in [6.07, 6.45) is 1.17. The predicted octanol–water partition coefficient (Wildman–Crippen LogP) is 3.01. The molecular formula is C24H22F2N4O2. The topological polar surface area (TPSA) is 69.3 Å². The van der Waals surface area contributed by atoms with Crippen LogP contribution in [0.5, 0.6) is 0 Å². The smallest absolute Gasteiger partial charge is 0.275 e. The molecule has 8 heteroatoms. The van der Waals surface area contributed by atoms with Gasteiger partial charge in [0, 0.05) is 49.9 Å². The SMILES string of the molecule is O=C(Cc1ccc(F)cc1F)N1CCc2[nH]nc(C(=O)N3CCc4ccccc4C3)c2C1. The van der Waals surface area contributed by atoms with Crippen molar-refractivity contribution in [3.63, 3.8) is 0 Å². The van der Waals surface area contributed by atoms with Gasteiger partial charge in [0.15, 0.2) is 5.69 Å². The van der Waals surface area contributed by atoms with Crippen molar-refractivity contribution in [2.45, 2.75) is 32.4 Å². The number of aromatic amines is 1. The number of benzene rings is 2. The minimum absolute atomic E-state index is 0.151. The molecule has 0 saturated heterocycles. The lowest BCUT2D eigenvalue weighted by atomic mass is 9.99. The summed E-state index contributed by atoms with van der Waals surface area (Å²) in [5.41, 5.74) is 4.44. The zero-order valence-corrected chi connectivity index (χ0v) is 17.4. The van der Waals surface area contributed by atoms with E-state index < -0.39 is 11.6 Å². The van der Waals surface area contributed by atoms with Gasteiger partial charge in [0.1, 0.15) is 11.6 Å². The average molecular weight is 436 g/mol. The van der Waals surface area contributed by atoms with Gasteiger partial charge in [-0.1, -0.05) is 30.3 Å². The zero-order chi connectivity index (χ0) is 22.2. The molecule has 32 heavy (non-hydrogen) atoms. The summed E-state index contributed by atoms with van der Waals surface area (Å²) in [6, 6.07) is 11.3. The van der Waals surface area contributed by atoms with Gasteiger partial charge in [0.25, 0.3) is 5.91 Å². The Bertz CT molecular complexity index is 1210. The van der Waals surface area contributed by atoms with Crippen LogP contribution in [0.15, 0.2) is 42.5 Å². The van der Waals surface area contributed by atoms with Crippen molar-refractivity contribution in [2.24, 2.45) is 0 Å². The maximum Gasteiger partial charge on any atom is 0.275 e. The number of aromatic nitrogens is 2. The van der Waals surface area contributed by atoms with Crippen LogP contribution in [0.25, 0.3) is 0 Å². The number of amides is 2. The number of nitrogens with zero attached hydrogens (tertiary/aromatic N) is 3. The van der Waals surface area contributed by atoms with E-state index in [0.29, 0.717) is 37.3 Å². The second kappa shape index (κ2) is 8.18. The van der Waals surface area contributed by atoms with Crippen LogP contribution in [0.3, 0.4) is 0 Å². The van der Waals surface area contributed by atoms with Crippen LogP contribution in [0, 0.1) is 11.6 Å². The second-order valence-electron chi connectivity index (χ2n) is 8.25. The molecule has 164 valence electrons. The Morgan fingerprint density at radius 3 is 2.56 bits per heavy atom. The normalized spacial score (nSPS) is 15.3. The van der Waals surface area contributed by atoms with Crippen LogP contribution in [-0.2, 0) is 37.1 Å². The highest BCUT2D eigenvalue weighted by atomic mass is 19.1. The zero-order valence-electron chi connectivity index (χ0n) is 17.4. The predicted molar refractivity (Wildman–Crippen MR) is 113 cm³/mol. The van der Waals surface area contributed by atoms with E-state index in [-0.39, 0.29) is 30.3 Å². The van der Waals surface area contributed by atoms with Crippen molar-refractivity contribution < 1.29 is 18.4 Å². The molecule has 6 nitrogen and oxygen atoms in total. The first-order chi connectivity index (χ1) is 15.5. The Hall–Kier alpha value is -3.55. The van der Waals surface area contributed by atoms with E-state index >= 15 is 0 Å². The number of fused-ring (bicyclic) bond motifs is 2. The highest BCUT2D eigenvalue weighted by Crippen LogP contribution is 2.25. The molecule has 3 heterocycles. The van der Waals surface area contributed by atoms with Crippen molar-refractivity contribution in [3.05, 3.63) is 87.7 Å². The van der Waals surface area contributed by atoms with Crippen LogP contribution in [-0.4, -0.2) is 44.9 Å². The third-order valence-corrected chi connectivity index (χ3v) is 6.26. The van der Waals surface area contributed by atoms with Crippen molar-refractivity contribution in [2.75, 3.05) is 13.1 Å². The highest BCUT2D eigenvalue weighted by Gasteiger charge is 2.31. The van der Waals surface area contributed by atoms with E-state index in [9.17, 15) is 18.4 Å². The maximum absolute atomic E-state index is 14.0. The molecule has 0 fully saturated rings. The van der Waals surface area contributed by atoms with Crippen molar-refractivity contribution in [1.29, 1.82) is 0 Å². The number of hydrogen-bond acceptors (Lipinski definition) is 3. The Morgan fingerprint density at radius 2 is 1.75 bits per heavy atom. The van der Waals surface area contributed by atoms with E-state index in [2.05, 4.69) is 16.3 Å². The van der Waals surface area contributed by atoms with E-state index in [4.69, 9.17) is 0 Å². The molecule has 0 radical (unpaired) electrons. The molecule has 0 atom stereocenters. The third kappa shape index (κ3) is 3.77. The fourth-order valence-corrected chi connectivity index (χ4v) is 4.44. The van der Waals surface area contributed by atoms with Crippen LogP contribution in [0.2, 0.25) is 0 Å². The molecule has 0 unspecified atom stereocenters. The molecular weight excluding hydrogens is 414 g/mol. The van der Waals surface area contributed by atoms with Gasteiger partial charge < -0.3 is 9.80 Å². The van der Waals surface area contributed by atoms with Gasteiger partial charge in [0.2, 0.25) is 5.91 Å². The number of hydrogen-bond donors (Lipinski definition) is 1. The standard InChI is InChI=1S/C24H22F2N4O2/c25-18-6-5-16(20(26)12-18)11-22(31)29-10-8-21-19(14-29)23(28-27-21)24(32)30-9-7-15-3-1-2-4-17(15)13-30/h1-6,12H,7-11,13-14H2,(H,27,28). The lowest BCUT2D eigenvalue weighted by Crippen LogP contribution is -2.39. The molecule has 0 bridgehead atoms. The monoisotopic (exact) mass is 436 g/mol. The Kier molecular flexibility index (Phi) is 5.20. The van der Waals surface area contributed by atoms with E-state index in [1.54, 1.807) is 9.80 Å². The fraction of sp³-hybridized carbons (Fsp3) is 0.292. The molecule has 1 aromatic heterocycles. The van der Waals surface area contributed by atoms with Crippen LogP contribution in [0.4, 0.5) is 8.78 Å². The number of rotatable bonds is 3. The molecule has 5 rings (SSSR count). The average Bonchev–Trinajstić information content (AvgIpc) is 3.23. The van der Waals surface area contributed by atoms with Crippen molar-refractivity contribution in [3.8, 4) is 0 Å². The van der Waals surface area contributed by atoms with Crippen molar-refractivity contribution >= 4 is 11.8 Å². The molecule has 3 aromatic rings. The Morgan fingerprint density at radius 1 is 0.969 bits per heavy atom. The Labute approximate surface area is 183 Å². The van der Waals surface area contributed by atoms with Crippen molar-refractivity contribution in [1.82, 2.24) is 20.0 Å². The number of H-pyrrole nitrogens is 1. The molecule has 2 aliphatic rings. The molecule has 0 spiro atoms. The van der Waals surface area contributed by atoms with E-state index in [0.717, 1.165) is 29.8 Å². The molecule has 1 N–H and O–H groups in total. The summed E-state index contributed by atoms with van der Waals surface area (Å²) in [5.74, 6) is -1.84. The van der Waals surface area contributed by atoms with E-state index in [1.807, 2.05) is 18.2 Å². The Balaban J connectivity index is 1.32. The lowest BCUT2D eigenvalue weighted by molar-refractivity contribution is -0.131. The van der Waals surface area contributed by atoms with Gasteiger partial charge in [-0.25, -0.2) is 8.78 Å². The molecule has 2 aliphatic heterocycles. The van der Waals surface area contributed by atoms with Crippen LogP contribution < -0.4 is 0 Å². The van der Waals surface area contributed by atoms with Gasteiger partial charge in [0.05, 0.1) is 6.42 Å². The molecule has 2 amide bonds. The quantitative estimate of drug-likeness (QED) is 0.686. The minimum Gasteiger partial charge on any atom is -0.338 e. The third-order valence-electron chi connectivity index (χ3n) is 6.26. The number of carbonyl (C=O) groups excluding carboxylic acids is 2. The molecule has 0 saturated carbocycles. The second-order valence-corrected chi connectivity index (χ2v) is 8.25. The summed E-state index contributed by atoms with van der Waals surface area (Å²) >= 11 is 0. The highest BCUT2D eigenvalue weighted by molar-refractivity contribution is 5.94. The van der Waals surface area contributed by atoms with Crippen LogP contribution in [0.1, 0.15) is 38.4 Å². The van der Waals surface area contributed by atoms with Gasteiger partial charge in [-0.3, -0.25) is 14.7 Å². The van der Waals surface area contributed by atoms with Gasteiger partial charge in [-0.05, 0) is 29.2 Å². The summed E-state index contributed by atoms with van der Waals surface area (Å²) in [7, 11) is 0. The summed E-state index contributed by atoms with van der Waals surface area (Å²) < 4.78 is 27.1. The number of carbonyl (C=O) groups is 2. The summed E-state index contributed by atoms with van der Waals surface area (Å²) in [6.45, 7) is 1.83. The van der Waals surface area contributed by atoms with Gasteiger partial charge in [-0.15, -0.1) is 0 Å². The summed E-state index contributed by atoms with van der Waals surface area (Å²) in [4.78, 5) is 29.4. The lowest BCUT2D eigenvalue weighted by Gasteiger charge is -2.30. The maximum atomic E-state index is 14.0. The molecule has 2 aromatic carbocycles. The fourth-order valence-electron chi connectivity index (χ4n) is 4.44. The van der Waals surface area contributed by atoms with E-state index in [1.165, 1.54) is 11.6 Å². The number of nitrogens with one attached hydrogen (secondary N) is 1. The summed E-state index contributed by atoms with van der Waals surface area (Å²) in [5, 5.41) is 7.23. The molecule has 0 aliphatic carbocycles. The first-order valence-electron chi connectivity index (χ1n) is 10.6. The van der Waals surface area contributed by atoms with Gasteiger partial charge in [-0.2, -0.15) is 5.10 Å². The number of halogens is 2. The minimum atomic E-state index is -0.736. The van der Waals surface area contributed by atoms with Gasteiger partial charge >= 0.3 is 0 Å². The van der Waals surface area contributed by atoms with Crippen LogP contribution >= 0.6 is 0 Å².